The maximum atomic E-state index is 13.5. The minimum atomic E-state index is -4.80. The molecule has 72 heavy (non-hydrogen) atoms. The van der Waals surface area contributed by atoms with E-state index in [0.717, 1.165) is 71.7 Å². The van der Waals surface area contributed by atoms with Crippen molar-refractivity contribution in [3.8, 4) is 23.3 Å². The third kappa shape index (κ3) is 15.2. The summed E-state index contributed by atoms with van der Waals surface area (Å²) in [6, 6.07) is 22.9. The minimum Gasteiger partial charge on any atom is -0.465 e. The fourth-order valence-electron chi connectivity index (χ4n) is 8.77. The number of alkyl halides is 6. The molecule has 2 fully saturated rings. The van der Waals surface area contributed by atoms with E-state index in [1.165, 1.54) is 17.2 Å². The van der Waals surface area contributed by atoms with Crippen LogP contribution in [0.4, 0.5) is 26.3 Å². The van der Waals surface area contributed by atoms with E-state index in [4.69, 9.17) is 14.2 Å². The minimum absolute atomic E-state index is 0.00562. The third-order valence-corrected chi connectivity index (χ3v) is 12.4. The van der Waals surface area contributed by atoms with E-state index in [1.807, 2.05) is 86.6 Å². The Morgan fingerprint density at radius 2 is 1.21 bits per heavy atom. The lowest BCUT2D eigenvalue weighted by molar-refractivity contribution is -0.146. The first-order valence-electron chi connectivity index (χ1n) is 23.9. The summed E-state index contributed by atoms with van der Waals surface area (Å²) >= 11 is 0. The second-order valence-corrected chi connectivity index (χ2v) is 18.1. The van der Waals surface area contributed by atoms with Crippen LogP contribution in [0, 0.1) is 25.7 Å². The molecule has 0 spiro atoms. The Morgan fingerprint density at radius 3 is 1.67 bits per heavy atom. The smallest absolute Gasteiger partial charge is 0.435 e. The molecule has 2 aliphatic carbocycles. The van der Waals surface area contributed by atoms with Crippen molar-refractivity contribution in [2.75, 3.05) is 13.2 Å². The van der Waals surface area contributed by atoms with Crippen LogP contribution in [-0.4, -0.2) is 62.3 Å². The van der Waals surface area contributed by atoms with Crippen molar-refractivity contribution in [2.45, 2.75) is 104 Å². The zero-order chi connectivity index (χ0) is 51.4. The molecular weight excluding hydrogens is 941 g/mol. The van der Waals surface area contributed by atoms with E-state index in [-0.39, 0.29) is 43.4 Å². The van der Waals surface area contributed by atoms with Gasteiger partial charge in [-0.05, 0) is 130 Å². The van der Waals surface area contributed by atoms with Gasteiger partial charge in [-0.1, -0.05) is 65.8 Å². The van der Waals surface area contributed by atoms with Gasteiger partial charge in [-0.15, -0.1) is 0 Å². The van der Waals surface area contributed by atoms with E-state index in [1.54, 1.807) is 19.3 Å². The first-order valence-corrected chi connectivity index (χ1v) is 23.9. The van der Waals surface area contributed by atoms with Gasteiger partial charge in [0.05, 0.1) is 18.7 Å². The van der Waals surface area contributed by atoms with Gasteiger partial charge in [-0.2, -0.15) is 31.4 Å². The Morgan fingerprint density at radius 1 is 0.694 bits per heavy atom. The molecule has 5 aromatic rings. The van der Waals surface area contributed by atoms with Crippen molar-refractivity contribution >= 4 is 35.4 Å². The lowest BCUT2D eigenvalue weighted by Gasteiger charge is -2.24. The van der Waals surface area contributed by atoms with E-state index < -0.39 is 53.4 Å². The summed E-state index contributed by atoms with van der Waals surface area (Å²) in [6.07, 6.45) is 6.85. The highest BCUT2D eigenvalue weighted by Gasteiger charge is 2.42. The summed E-state index contributed by atoms with van der Waals surface area (Å²) in [5.41, 5.74) is 3.53. The van der Waals surface area contributed by atoms with Crippen molar-refractivity contribution in [3.63, 3.8) is 0 Å². The maximum absolute atomic E-state index is 13.5. The molecule has 0 N–H and O–H groups in total. The number of aromatic nitrogens is 4. The molecule has 0 bridgehead atoms. The van der Waals surface area contributed by atoms with Gasteiger partial charge in [0.15, 0.2) is 17.3 Å². The van der Waals surface area contributed by atoms with Crippen molar-refractivity contribution < 1.29 is 54.9 Å². The predicted octanol–water partition coefficient (Wildman–Crippen LogP) is 13.5. The first kappa shape index (κ1) is 52.6. The zero-order valence-corrected chi connectivity index (χ0v) is 40.2. The summed E-state index contributed by atoms with van der Waals surface area (Å²) in [5.74, 6) is 0.681. The van der Waals surface area contributed by atoms with Gasteiger partial charge < -0.3 is 14.2 Å². The molecule has 0 atom stereocenters. The van der Waals surface area contributed by atoms with Crippen LogP contribution in [0.5, 0.6) is 23.3 Å². The molecule has 8 rings (SSSR count). The molecule has 2 aromatic carbocycles. The molecule has 3 aliphatic rings. The summed E-state index contributed by atoms with van der Waals surface area (Å²) in [6.45, 7) is 5.05. The van der Waals surface area contributed by atoms with Gasteiger partial charge in [0.1, 0.15) is 23.8 Å². The molecule has 0 radical (unpaired) electrons. The van der Waals surface area contributed by atoms with Crippen molar-refractivity contribution in [1.29, 1.82) is 0 Å². The van der Waals surface area contributed by atoms with E-state index in [9.17, 15) is 40.7 Å². The number of allylic oxidation sites excluding steroid dienone is 3. The van der Waals surface area contributed by atoms with Crippen molar-refractivity contribution in [2.24, 2.45) is 16.8 Å². The number of esters is 1. The number of ketones is 2. The van der Waals surface area contributed by atoms with Gasteiger partial charge in [0.2, 0.25) is 11.8 Å². The number of aliphatic imine (C=N–C) groups is 1. The molecule has 4 heterocycles. The molecular formula is C55H55F6N5O6. The Hall–Kier alpha value is -7.17. The first-order chi connectivity index (χ1) is 34.4. The maximum Gasteiger partial charge on any atom is 0.435 e. The van der Waals surface area contributed by atoms with Gasteiger partial charge in [-0.25, -0.2) is 9.97 Å². The zero-order valence-electron chi connectivity index (χ0n) is 40.2. The number of pyridine rings is 2. The molecule has 1 aliphatic heterocycles. The SMILES string of the molecule is CCOC(=O)Cn1cc(C(=O)CC2CCC(=Cc3cccc(Oc4ccc(C)cn4)c3)CC2)c(C(F)(F)F)n1.Cc1ccc(Oc2cccc(C=C3CCC(CC(=O)C4=CCN=C4C(F)(F)F)CC3)c2)nc1. The van der Waals surface area contributed by atoms with Crippen LogP contribution < -0.4 is 9.47 Å². The second kappa shape index (κ2) is 23.8. The summed E-state index contributed by atoms with van der Waals surface area (Å²) in [4.78, 5) is 49.0. The Labute approximate surface area is 413 Å². The van der Waals surface area contributed by atoms with E-state index in [0.29, 0.717) is 36.1 Å². The number of nitrogens with zero attached hydrogens (tertiary/aromatic N) is 5. The van der Waals surface area contributed by atoms with Crippen LogP contribution in [0.2, 0.25) is 0 Å². The van der Waals surface area contributed by atoms with Crippen LogP contribution >= 0.6 is 0 Å². The fraction of sp³-hybridized carbons (Fsp3) is 0.364. The number of halogens is 6. The number of hydrogen-bond donors (Lipinski definition) is 0. The molecule has 378 valence electrons. The highest BCUT2D eigenvalue weighted by atomic mass is 19.4. The number of rotatable bonds is 15. The molecule has 0 unspecified atom stereocenters. The number of benzene rings is 2. The summed E-state index contributed by atoms with van der Waals surface area (Å²) in [5, 5.41) is 3.46. The number of Topliss-reactive ketones (excluding diaryl/α,β-unsaturated/α-hetero) is 2. The van der Waals surface area contributed by atoms with Crippen LogP contribution in [-0.2, 0) is 27.0 Å². The average molecular weight is 996 g/mol. The highest BCUT2D eigenvalue weighted by Crippen LogP contribution is 2.37. The number of carbonyl (C=O) groups excluding carboxylic acids is 3. The number of ether oxygens (including phenoxy) is 3. The van der Waals surface area contributed by atoms with Crippen molar-refractivity contribution in [1.82, 2.24) is 19.7 Å². The Balaban J connectivity index is 0.000000214. The normalized spacial score (nSPS) is 17.0. The third-order valence-electron chi connectivity index (χ3n) is 12.4. The lowest BCUT2D eigenvalue weighted by atomic mass is 9.81. The summed E-state index contributed by atoms with van der Waals surface area (Å²) < 4.78 is 97.0. The van der Waals surface area contributed by atoms with Gasteiger partial charge >= 0.3 is 18.3 Å². The molecule has 2 saturated carbocycles. The van der Waals surface area contributed by atoms with Crippen LogP contribution in [0.15, 0.2) is 119 Å². The van der Waals surface area contributed by atoms with E-state index >= 15 is 0 Å². The number of aryl methyl sites for hydroxylation is 2. The average Bonchev–Trinajstić information content (AvgIpc) is 4.02. The number of carbonyl (C=O) groups is 3. The highest BCUT2D eigenvalue weighted by molar-refractivity contribution is 6.25. The Bertz CT molecular complexity index is 2830. The lowest BCUT2D eigenvalue weighted by Crippen LogP contribution is -2.28. The number of hydrogen-bond acceptors (Lipinski definition) is 10. The molecule has 0 saturated heterocycles. The van der Waals surface area contributed by atoms with Crippen molar-refractivity contribution in [3.05, 3.63) is 148 Å². The topological polar surface area (TPSA) is 135 Å². The van der Waals surface area contributed by atoms with Crippen LogP contribution in [0.25, 0.3) is 12.2 Å². The standard InChI is InChI=1S/C29H30F3N3O4.C26H25F3N2O2/c1-3-38-27(37)18-35-17-24(28(34-35)29(30,31)32)25(36)15-21-10-8-20(9-11-21)13-22-5-4-6-23(14-22)39-26-12-7-19(2)16-33-26;1-17-5-10-24(31-16-17)33-21-4-2-3-20(14-21)13-18-6-8-19(9-7-18)15-23(32)22-11-12-30-25(22)26(27,28)29/h4-7,12-14,16-17,21H,3,8-11,15,18H2,1-2H3;2-5,10-11,13-14,16,19H,6-9,12,15H2,1H3. The largest absolute Gasteiger partial charge is 0.465 e. The molecule has 17 heteroatoms. The molecule has 11 nitrogen and oxygen atoms in total. The fourth-order valence-corrected chi connectivity index (χ4v) is 8.77. The van der Waals surface area contributed by atoms with Gasteiger partial charge in [0.25, 0.3) is 0 Å². The molecule has 3 aromatic heterocycles. The molecule has 0 amide bonds. The van der Waals surface area contributed by atoms with Gasteiger partial charge in [0, 0.05) is 49.1 Å². The van der Waals surface area contributed by atoms with Gasteiger partial charge in [-0.3, -0.25) is 24.1 Å². The van der Waals surface area contributed by atoms with Crippen LogP contribution in [0.3, 0.4) is 0 Å². The monoisotopic (exact) mass is 995 g/mol. The van der Waals surface area contributed by atoms with E-state index in [2.05, 4.69) is 32.2 Å². The van der Waals surface area contributed by atoms with Crippen LogP contribution in [0.1, 0.15) is 109 Å². The summed E-state index contributed by atoms with van der Waals surface area (Å²) in [7, 11) is 0. The quantitative estimate of drug-likeness (QED) is 0.0570. The second-order valence-electron chi connectivity index (χ2n) is 18.1. The Kier molecular flexibility index (Phi) is 17.4. The predicted molar refractivity (Wildman–Crippen MR) is 260 cm³/mol.